The van der Waals surface area contributed by atoms with Gasteiger partial charge >= 0.3 is 5.97 Å². The fraction of sp³-hybridized carbons (Fsp3) is 0.154. The molecule has 1 atom stereocenters. The van der Waals surface area contributed by atoms with Crippen molar-refractivity contribution in [3.63, 3.8) is 0 Å². The number of carbonyl (C=O) groups is 2. The molecule has 1 amide bonds. The third-order valence-electron chi connectivity index (χ3n) is 5.34. The number of hydrogen-bond acceptors (Lipinski definition) is 5. The van der Waals surface area contributed by atoms with Gasteiger partial charge in [-0.05, 0) is 30.7 Å². The summed E-state index contributed by atoms with van der Waals surface area (Å²) < 4.78 is 6.73. The van der Waals surface area contributed by atoms with E-state index in [0.29, 0.717) is 16.5 Å². The fourth-order valence-electron chi connectivity index (χ4n) is 3.57. The molecule has 1 unspecified atom stereocenters. The molecular formula is C26H23N3O4. The normalized spacial score (nSPS) is 11.7. The van der Waals surface area contributed by atoms with E-state index in [9.17, 15) is 14.4 Å². The number of ether oxygens (including phenoxy) is 1. The summed E-state index contributed by atoms with van der Waals surface area (Å²) in [7, 11) is 1.62. The van der Waals surface area contributed by atoms with Crippen molar-refractivity contribution in [3.05, 3.63) is 107 Å². The average molecular weight is 441 g/mol. The molecule has 0 bridgehead atoms. The van der Waals surface area contributed by atoms with Gasteiger partial charge in [-0.2, -0.15) is 5.10 Å². The Morgan fingerprint density at radius 2 is 1.48 bits per heavy atom. The van der Waals surface area contributed by atoms with Crippen LogP contribution in [0.5, 0.6) is 0 Å². The molecule has 4 aromatic rings. The third kappa shape index (κ3) is 4.67. The maximum atomic E-state index is 13.1. The molecule has 1 aromatic heterocycles. The lowest BCUT2D eigenvalue weighted by Crippen LogP contribution is -2.38. The molecule has 0 radical (unpaired) electrons. The van der Waals surface area contributed by atoms with Crippen molar-refractivity contribution < 1.29 is 14.3 Å². The Bertz CT molecular complexity index is 1350. The smallest absolute Gasteiger partial charge is 0.360 e. The molecule has 3 aromatic carbocycles. The standard InChI is InChI=1S/C26H23N3O4/c1-18(24(30)28(2)20-13-7-4-8-14-20)33-26(32)23-21-15-9-10-16-22(21)25(31)29(27-23)17-19-11-5-3-6-12-19/h3-16,18H,17H2,1-2H3. The zero-order valence-corrected chi connectivity index (χ0v) is 18.3. The van der Waals surface area contributed by atoms with Gasteiger partial charge in [0.15, 0.2) is 11.8 Å². The van der Waals surface area contributed by atoms with E-state index >= 15 is 0 Å². The lowest BCUT2D eigenvalue weighted by molar-refractivity contribution is -0.126. The van der Waals surface area contributed by atoms with E-state index in [0.717, 1.165) is 5.56 Å². The predicted molar refractivity (Wildman–Crippen MR) is 126 cm³/mol. The van der Waals surface area contributed by atoms with Gasteiger partial charge in [0, 0.05) is 18.1 Å². The summed E-state index contributed by atoms with van der Waals surface area (Å²) >= 11 is 0. The van der Waals surface area contributed by atoms with Crippen LogP contribution < -0.4 is 10.5 Å². The molecule has 0 aliphatic rings. The highest BCUT2D eigenvalue weighted by Crippen LogP contribution is 2.17. The molecule has 0 aliphatic heterocycles. The number of aromatic nitrogens is 2. The van der Waals surface area contributed by atoms with Crippen LogP contribution in [-0.4, -0.2) is 34.8 Å². The Morgan fingerprint density at radius 3 is 2.15 bits per heavy atom. The van der Waals surface area contributed by atoms with Crippen molar-refractivity contribution >= 4 is 28.3 Å². The van der Waals surface area contributed by atoms with Crippen LogP contribution in [0.2, 0.25) is 0 Å². The average Bonchev–Trinajstić information content (AvgIpc) is 2.86. The second-order valence-electron chi connectivity index (χ2n) is 7.62. The number of hydrogen-bond donors (Lipinski definition) is 0. The predicted octanol–water partition coefficient (Wildman–Crippen LogP) is 3.65. The van der Waals surface area contributed by atoms with Gasteiger partial charge in [0.1, 0.15) is 0 Å². The lowest BCUT2D eigenvalue weighted by atomic mass is 10.1. The van der Waals surface area contributed by atoms with Gasteiger partial charge in [0.25, 0.3) is 11.5 Å². The van der Waals surface area contributed by atoms with Crippen molar-refractivity contribution in [1.82, 2.24) is 9.78 Å². The molecule has 1 heterocycles. The summed E-state index contributed by atoms with van der Waals surface area (Å²) in [5, 5.41) is 5.06. The minimum absolute atomic E-state index is 0.0110. The van der Waals surface area contributed by atoms with Gasteiger partial charge in [-0.15, -0.1) is 0 Å². The largest absolute Gasteiger partial charge is 0.448 e. The third-order valence-corrected chi connectivity index (χ3v) is 5.34. The van der Waals surface area contributed by atoms with Crippen LogP contribution in [0.15, 0.2) is 89.7 Å². The fourth-order valence-corrected chi connectivity index (χ4v) is 3.57. The van der Waals surface area contributed by atoms with Gasteiger partial charge in [-0.3, -0.25) is 9.59 Å². The summed E-state index contributed by atoms with van der Waals surface area (Å²) in [4.78, 5) is 40.3. The summed E-state index contributed by atoms with van der Waals surface area (Å²) in [5.74, 6) is -1.15. The molecule has 0 aliphatic carbocycles. The van der Waals surface area contributed by atoms with Crippen LogP contribution >= 0.6 is 0 Å². The number of benzene rings is 3. The molecule has 33 heavy (non-hydrogen) atoms. The van der Waals surface area contributed by atoms with Gasteiger partial charge < -0.3 is 9.64 Å². The zero-order chi connectivity index (χ0) is 23.4. The molecule has 0 N–H and O–H groups in total. The van der Waals surface area contributed by atoms with Crippen molar-refractivity contribution in [3.8, 4) is 0 Å². The van der Waals surface area contributed by atoms with E-state index in [1.54, 1.807) is 43.4 Å². The maximum absolute atomic E-state index is 13.1. The van der Waals surface area contributed by atoms with Crippen LogP contribution in [0.3, 0.4) is 0 Å². The van der Waals surface area contributed by atoms with Crippen molar-refractivity contribution in [2.75, 3.05) is 11.9 Å². The molecule has 4 rings (SSSR count). The Kier molecular flexibility index (Phi) is 6.31. The molecule has 166 valence electrons. The van der Waals surface area contributed by atoms with Crippen LogP contribution in [0, 0.1) is 0 Å². The minimum atomic E-state index is -1.04. The Labute approximate surface area is 190 Å². The first-order chi connectivity index (χ1) is 16.0. The minimum Gasteiger partial charge on any atom is -0.448 e. The van der Waals surface area contributed by atoms with Gasteiger partial charge in [0.05, 0.1) is 11.9 Å². The van der Waals surface area contributed by atoms with Crippen LogP contribution in [0.1, 0.15) is 23.0 Å². The van der Waals surface area contributed by atoms with Crippen molar-refractivity contribution in [2.45, 2.75) is 19.6 Å². The quantitative estimate of drug-likeness (QED) is 0.427. The lowest BCUT2D eigenvalue weighted by Gasteiger charge is -2.21. The first-order valence-electron chi connectivity index (χ1n) is 10.5. The number of nitrogens with zero attached hydrogens (tertiary/aromatic N) is 3. The number of anilines is 1. The molecule has 0 spiro atoms. The number of rotatable bonds is 6. The molecule has 0 fully saturated rings. The molecule has 0 saturated carbocycles. The Hall–Kier alpha value is -4.26. The summed E-state index contributed by atoms with van der Waals surface area (Å²) in [6, 6.07) is 25.2. The van der Waals surface area contributed by atoms with E-state index in [2.05, 4.69) is 5.10 Å². The van der Waals surface area contributed by atoms with Crippen LogP contribution in [0.4, 0.5) is 5.69 Å². The highest BCUT2D eigenvalue weighted by Gasteiger charge is 2.26. The first kappa shape index (κ1) is 22.0. The maximum Gasteiger partial charge on any atom is 0.360 e. The highest BCUT2D eigenvalue weighted by atomic mass is 16.5. The van der Waals surface area contributed by atoms with E-state index in [1.165, 1.54) is 16.5 Å². The number of fused-ring (bicyclic) bond motifs is 1. The SMILES string of the molecule is CC(OC(=O)c1nn(Cc2ccccc2)c(=O)c2ccccc12)C(=O)N(C)c1ccccc1. The number of likely N-dealkylation sites (N-methyl/N-ethyl adjacent to an activating group) is 1. The number of para-hydroxylation sites is 1. The Morgan fingerprint density at radius 1 is 0.909 bits per heavy atom. The van der Waals surface area contributed by atoms with E-state index in [1.807, 2.05) is 48.5 Å². The summed E-state index contributed by atoms with van der Waals surface area (Å²) in [6.07, 6.45) is -1.04. The number of esters is 1. The van der Waals surface area contributed by atoms with Crippen LogP contribution in [0.25, 0.3) is 10.8 Å². The zero-order valence-electron chi connectivity index (χ0n) is 18.3. The second kappa shape index (κ2) is 9.48. The Balaban J connectivity index is 1.64. The van der Waals surface area contributed by atoms with E-state index in [-0.39, 0.29) is 23.7 Å². The van der Waals surface area contributed by atoms with Gasteiger partial charge in [-0.1, -0.05) is 66.7 Å². The number of carbonyl (C=O) groups excluding carboxylic acids is 2. The monoisotopic (exact) mass is 441 g/mol. The first-order valence-corrected chi connectivity index (χ1v) is 10.5. The van der Waals surface area contributed by atoms with Crippen LogP contribution in [-0.2, 0) is 16.1 Å². The van der Waals surface area contributed by atoms with Gasteiger partial charge in [-0.25, -0.2) is 9.48 Å². The van der Waals surface area contributed by atoms with E-state index < -0.39 is 12.1 Å². The second-order valence-corrected chi connectivity index (χ2v) is 7.62. The summed E-state index contributed by atoms with van der Waals surface area (Å²) in [6.45, 7) is 1.72. The molecule has 7 heteroatoms. The van der Waals surface area contributed by atoms with E-state index in [4.69, 9.17) is 4.74 Å². The molecule has 7 nitrogen and oxygen atoms in total. The highest BCUT2D eigenvalue weighted by molar-refractivity contribution is 6.04. The molecule has 0 saturated heterocycles. The van der Waals surface area contributed by atoms with Gasteiger partial charge in [0.2, 0.25) is 0 Å². The summed E-state index contributed by atoms with van der Waals surface area (Å²) in [5.41, 5.74) is 1.24. The van der Waals surface area contributed by atoms with Crippen molar-refractivity contribution in [1.29, 1.82) is 0 Å². The topological polar surface area (TPSA) is 81.5 Å². The van der Waals surface area contributed by atoms with Crippen molar-refractivity contribution in [2.24, 2.45) is 0 Å². The molecular weight excluding hydrogens is 418 g/mol. The number of amides is 1.